The minimum atomic E-state index is 0.248. The quantitative estimate of drug-likeness (QED) is 0.735. The molecule has 0 spiro atoms. The van der Waals surface area contributed by atoms with Crippen molar-refractivity contribution in [1.29, 1.82) is 0 Å². The van der Waals surface area contributed by atoms with Crippen LogP contribution in [0, 0.1) is 5.92 Å². The van der Waals surface area contributed by atoms with Crippen LogP contribution in [0.4, 0.5) is 0 Å². The minimum Gasteiger partial charge on any atom is -0.395 e. The summed E-state index contributed by atoms with van der Waals surface area (Å²) in [7, 11) is 2.19. The molecule has 90 valence electrons. The van der Waals surface area contributed by atoms with E-state index >= 15 is 0 Å². The van der Waals surface area contributed by atoms with Gasteiger partial charge in [-0.3, -0.25) is 0 Å². The molecule has 0 radical (unpaired) electrons. The van der Waals surface area contributed by atoms with E-state index in [-0.39, 0.29) is 12.6 Å². The highest BCUT2D eigenvalue weighted by molar-refractivity contribution is 4.84. The van der Waals surface area contributed by atoms with Crippen LogP contribution in [-0.2, 0) is 0 Å². The summed E-state index contributed by atoms with van der Waals surface area (Å²) in [6, 6.07) is 1.49. The summed E-state index contributed by atoms with van der Waals surface area (Å²) < 4.78 is 0. The van der Waals surface area contributed by atoms with Crippen molar-refractivity contribution in [3.8, 4) is 0 Å². The van der Waals surface area contributed by atoms with Crippen molar-refractivity contribution >= 4 is 0 Å². The highest BCUT2D eigenvalue weighted by atomic mass is 16.3. The van der Waals surface area contributed by atoms with Crippen LogP contribution in [-0.4, -0.2) is 48.3 Å². The van der Waals surface area contributed by atoms with E-state index in [9.17, 15) is 5.11 Å². The fraction of sp³-hybridized carbons (Fsp3) is 1.00. The first-order chi connectivity index (χ1) is 7.04. The van der Waals surface area contributed by atoms with E-state index in [1.165, 1.54) is 12.8 Å². The van der Waals surface area contributed by atoms with E-state index < -0.39 is 0 Å². The molecule has 3 heteroatoms. The molecule has 0 bridgehead atoms. The van der Waals surface area contributed by atoms with Gasteiger partial charge in [-0.15, -0.1) is 0 Å². The standard InChI is InChI=1S/C12H26N2O/c1-9(2)12(8-15)13-11-5-6-14(4)10(3)7-11/h9-13,15H,5-8H2,1-4H3. The monoisotopic (exact) mass is 214 g/mol. The molecule has 0 aromatic heterocycles. The molecule has 1 aliphatic rings. The minimum absolute atomic E-state index is 0.248. The van der Waals surface area contributed by atoms with Gasteiger partial charge >= 0.3 is 0 Å². The Balaban J connectivity index is 2.38. The smallest absolute Gasteiger partial charge is 0.0587 e. The van der Waals surface area contributed by atoms with Gasteiger partial charge in [-0.2, -0.15) is 0 Å². The second-order valence-electron chi connectivity index (χ2n) is 5.25. The lowest BCUT2D eigenvalue weighted by Gasteiger charge is -2.37. The van der Waals surface area contributed by atoms with Gasteiger partial charge in [-0.1, -0.05) is 13.8 Å². The Morgan fingerprint density at radius 3 is 2.60 bits per heavy atom. The molecular weight excluding hydrogens is 188 g/mol. The average molecular weight is 214 g/mol. The van der Waals surface area contributed by atoms with E-state index in [1.54, 1.807) is 0 Å². The first-order valence-electron chi connectivity index (χ1n) is 6.11. The molecule has 3 atom stereocenters. The van der Waals surface area contributed by atoms with E-state index in [2.05, 4.69) is 38.0 Å². The van der Waals surface area contributed by atoms with Gasteiger partial charge in [0.05, 0.1) is 6.61 Å². The highest BCUT2D eigenvalue weighted by Gasteiger charge is 2.25. The van der Waals surface area contributed by atoms with Crippen LogP contribution in [0.2, 0.25) is 0 Å². The first-order valence-corrected chi connectivity index (χ1v) is 6.11. The normalized spacial score (nSPS) is 30.8. The zero-order chi connectivity index (χ0) is 11.4. The van der Waals surface area contributed by atoms with E-state index in [0.29, 0.717) is 18.0 Å². The zero-order valence-electron chi connectivity index (χ0n) is 10.5. The largest absolute Gasteiger partial charge is 0.395 e. The molecule has 0 amide bonds. The number of likely N-dealkylation sites (tertiary alicyclic amines) is 1. The maximum absolute atomic E-state index is 9.27. The third-order valence-corrected chi connectivity index (χ3v) is 3.66. The van der Waals surface area contributed by atoms with Crippen molar-refractivity contribution in [2.75, 3.05) is 20.2 Å². The van der Waals surface area contributed by atoms with Gasteiger partial charge < -0.3 is 15.3 Å². The SMILES string of the molecule is CC(C)C(CO)NC1CCN(C)C(C)C1. The molecule has 0 saturated carbocycles. The van der Waals surface area contributed by atoms with E-state index in [0.717, 1.165) is 6.54 Å². The Kier molecular flexibility index (Phi) is 5.03. The molecule has 1 heterocycles. The number of piperidine rings is 1. The topological polar surface area (TPSA) is 35.5 Å². The van der Waals surface area contributed by atoms with Gasteiger partial charge in [-0.05, 0) is 39.3 Å². The lowest BCUT2D eigenvalue weighted by molar-refractivity contribution is 0.137. The van der Waals surface area contributed by atoms with Crippen molar-refractivity contribution in [1.82, 2.24) is 10.2 Å². The molecule has 1 aliphatic heterocycles. The van der Waals surface area contributed by atoms with E-state index in [1.807, 2.05) is 0 Å². The summed E-state index contributed by atoms with van der Waals surface area (Å²) >= 11 is 0. The molecule has 3 nitrogen and oxygen atoms in total. The van der Waals surface area contributed by atoms with Crippen molar-refractivity contribution < 1.29 is 5.11 Å². The molecule has 1 fully saturated rings. The summed E-state index contributed by atoms with van der Waals surface area (Å²) in [4.78, 5) is 2.40. The van der Waals surface area contributed by atoms with Crippen LogP contribution < -0.4 is 5.32 Å². The fourth-order valence-electron chi connectivity index (χ4n) is 2.20. The Morgan fingerprint density at radius 2 is 2.13 bits per heavy atom. The maximum atomic E-state index is 9.27. The van der Waals surface area contributed by atoms with Crippen LogP contribution in [0.15, 0.2) is 0 Å². The number of nitrogens with zero attached hydrogens (tertiary/aromatic N) is 1. The number of aliphatic hydroxyl groups excluding tert-OH is 1. The van der Waals surface area contributed by atoms with Gasteiger partial charge in [0.25, 0.3) is 0 Å². The van der Waals surface area contributed by atoms with Gasteiger partial charge in [0, 0.05) is 18.1 Å². The number of nitrogens with one attached hydrogen (secondary N) is 1. The number of rotatable bonds is 4. The van der Waals surface area contributed by atoms with Crippen molar-refractivity contribution in [2.24, 2.45) is 5.92 Å². The highest BCUT2D eigenvalue weighted by Crippen LogP contribution is 2.16. The second kappa shape index (κ2) is 5.83. The lowest BCUT2D eigenvalue weighted by atomic mass is 9.96. The number of hydrogen-bond donors (Lipinski definition) is 2. The summed E-state index contributed by atoms with van der Waals surface area (Å²) in [5, 5.41) is 12.9. The lowest BCUT2D eigenvalue weighted by Crippen LogP contribution is -2.50. The van der Waals surface area contributed by atoms with Crippen molar-refractivity contribution in [3.63, 3.8) is 0 Å². The third kappa shape index (κ3) is 3.74. The van der Waals surface area contributed by atoms with Crippen LogP contribution in [0.1, 0.15) is 33.6 Å². The molecule has 1 rings (SSSR count). The van der Waals surface area contributed by atoms with Crippen LogP contribution in [0.5, 0.6) is 0 Å². The van der Waals surface area contributed by atoms with Crippen molar-refractivity contribution in [2.45, 2.75) is 51.7 Å². The Labute approximate surface area is 93.9 Å². The molecule has 0 aliphatic carbocycles. The molecule has 2 N–H and O–H groups in total. The zero-order valence-corrected chi connectivity index (χ0v) is 10.5. The Morgan fingerprint density at radius 1 is 1.47 bits per heavy atom. The average Bonchev–Trinajstić information content (AvgIpc) is 2.19. The first kappa shape index (κ1) is 12.9. The summed E-state index contributed by atoms with van der Waals surface area (Å²) in [5.41, 5.74) is 0. The molecular formula is C12H26N2O. The summed E-state index contributed by atoms with van der Waals surface area (Å²) in [6.45, 7) is 8.00. The van der Waals surface area contributed by atoms with Gasteiger partial charge in [0.1, 0.15) is 0 Å². The van der Waals surface area contributed by atoms with Gasteiger partial charge in [0.2, 0.25) is 0 Å². The van der Waals surface area contributed by atoms with Crippen LogP contribution in [0.25, 0.3) is 0 Å². The summed E-state index contributed by atoms with van der Waals surface area (Å²) in [6.07, 6.45) is 2.39. The second-order valence-corrected chi connectivity index (χ2v) is 5.25. The molecule has 15 heavy (non-hydrogen) atoms. The number of aliphatic hydroxyl groups is 1. The number of hydrogen-bond acceptors (Lipinski definition) is 3. The van der Waals surface area contributed by atoms with Gasteiger partial charge in [0.15, 0.2) is 0 Å². The Hall–Kier alpha value is -0.120. The molecule has 3 unspecified atom stereocenters. The third-order valence-electron chi connectivity index (χ3n) is 3.66. The fourth-order valence-corrected chi connectivity index (χ4v) is 2.20. The molecule has 0 aromatic carbocycles. The van der Waals surface area contributed by atoms with Crippen LogP contribution in [0.3, 0.4) is 0 Å². The predicted molar refractivity (Wildman–Crippen MR) is 64.0 cm³/mol. The van der Waals surface area contributed by atoms with Crippen molar-refractivity contribution in [3.05, 3.63) is 0 Å². The Bertz CT molecular complexity index is 184. The predicted octanol–water partition coefficient (Wildman–Crippen LogP) is 1.08. The van der Waals surface area contributed by atoms with Gasteiger partial charge in [-0.25, -0.2) is 0 Å². The van der Waals surface area contributed by atoms with E-state index in [4.69, 9.17) is 0 Å². The summed E-state index contributed by atoms with van der Waals surface area (Å²) in [5.74, 6) is 0.505. The molecule has 1 saturated heterocycles. The van der Waals surface area contributed by atoms with Crippen LogP contribution >= 0.6 is 0 Å². The molecule has 0 aromatic rings. The maximum Gasteiger partial charge on any atom is 0.0587 e.